The Balaban J connectivity index is 1.33. The Morgan fingerprint density at radius 1 is 0.822 bits per heavy atom. The molecule has 1 aliphatic heterocycles. The van der Waals surface area contributed by atoms with Crippen molar-refractivity contribution in [2.75, 3.05) is 13.2 Å². The van der Waals surface area contributed by atoms with Gasteiger partial charge in [0.1, 0.15) is 18.0 Å². The van der Waals surface area contributed by atoms with Gasteiger partial charge in [0.15, 0.2) is 0 Å². The van der Waals surface area contributed by atoms with E-state index in [9.17, 15) is 5.11 Å². The van der Waals surface area contributed by atoms with Crippen molar-refractivity contribution in [1.82, 2.24) is 0 Å². The van der Waals surface area contributed by atoms with Gasteiger partial charge in [0.05, 0.1) is 31.5 Å². The van der Waals surface area contributed by atoms with Gasteiger partial charge in [0.25, 0.3) is 0 Å². The minimum absolute atomic E-state index is 0.138. The van der Waals surface area contributed by atoms with E-state index in [-0.39, 0.29) is 36.4 Å². The second kappa shape index (κ2) is 14.9. The van der Waals surface area contributed by atoms with Gasteiger partial charge in [-0.05, 0) is 85.0 Å². The van der Waals surface area contributed by atoms with Crippen molar-refractivity contribution < 1.29 is 24.1 Å². The molecular formula is C39H43ClO5. The number of hydrogen-bond donors (Lipinski definition) is 1. The molecule has 0 amide bonds. The van der Waals surface area contributed by atoms with Crippen LogP contribution in [-0.4, -0.2) is 36.1 Å². The van der Waals surface area contributed by atoms with Gasteiger partial charge in [-0.15, -0.1) is 0 Å². The molecule has 5 nitrogen and oxygen atoms in total. The maximum atomic E-state index is 9.80. The molecule has 1 N–H and O–H groups in total. The molecule has 0 unspecified atom stereocenters. The van der Waals surface area contributed by atoms with Crippen LogP contribution in [0.4, 0.5) is 0 Å². The highest BCUT2D eigenvalue weighted by Crippen LogP contribution is 2.56. The summed E-state index contributed by atoms with van der Waals surface area (Å²) in [5.74, 6) is 1.04. The molecule has 2 aliphatic rings. The zero-order chi connectivity index (χ0) is 31.1. The summed E-state index contributed by atoms with van der Waals surface area (Å²) in [7, 11) is 0. The van der Waals surface area contributed by atoms with Gasteiger partial charge in [-0.2, -0.15) is 0 Å². The molecule has 236 valence electrons. The maximum Gasteiger partial charge on any atom is 0.119 e. The highest BCUT2D eigenvalue weighted by Gasteiger charge is 2.60. The molecule has 2 fully saturated rings. The second-order valence-corrected chi connectivity index (χ2v) is 12.6. The zero-order valence-electron chi connectivity index (χ0n) is 25.9. The van der Waals surface area contributed by atoms with Crippen molar-refractivity contribution in [2.45, 2.75) is 76.2 Å². The molecule has 0 bridgehead atoms. The standard InChI is InChI=1S/C39H43ClO5/c1-2-42-33-17-14-28(15-18-33)24-32-25-31(16-19-35(32)40)36-38(44-27-30-12-7-4-8-13-30)37(43-26-29-10-5-3-6-11-29)34-20-22-39(34,45-36)21-9-23-41/h3-8,10-19,25,34,36-38,41H,2,9,20-24,26-27H2,1H3/t34-,36+,37+,38+,39-/m1/s1. The summed E-state index contributed by atoms with van der Waals surface area (Å²) in [5, 5.41) is 10.5. The van der Waals surface area contributed by atoms with Crippen LogP contribution in [0.15, 0.2) is 103 Å². The number of aliphatic hydroxyl groups excluding tert-OH is 1. The smallest absolute Gasteiger partial charge is 0.119 e. The predicted molar refractivity (Wildman–Crippen MR) is 178 cm³/mol. The van der Waals surface area contributed by atoms with E-state index in [0.29, 0.717) is 32.7 Å². The number of ether oxygens (including phenoxy) is 4. The van der Waals surface area contributed by atoms with Gasteiger partial charge in [-0.1, -0.05) is 96.5 Å². The van der Waals surface area contributed by atoms with Crippen LogP contribution < -0.4 is 4.74 Å². The van der Waals surface area contributed by atoms with E-state index < -0.39 is 0 Å². The van der Waals surface area contributed by atoms with Crippen molar-refractivity contribution in [2.24, 2.45) is 5.92 Å². The Kier molecular flexibility index (Phi) is 10.5. The minimum atomic E-state index is -0.365. The van der Waals surface area contributed by atoms with Crippen molar-refractivity contribution in [3.8, 4) is 5.75 Å². The molecule has 1 aliphatic carbocycles. The number of benzene rings is 4. The number of halogens is 1. The lowest BCUT2D eigenvalue weighted by Gasteiger charge is -2.60. The van der Waals surface area contributed by atoms with Crippen molar-refractivity contribution >= 4 is 11.6 Å². The third-order valence-electron chi connectivity index (χ3n) is 9.29. The molecule has 5 atom stereocenters. The average molecular weight is 627 g/mol. The van der Waals surface area contributed by atoms with Crippen LogP contribution in [0.3, 0.4) is 0 Å². The van der Waals surface area contributed by atoms with Gasteiger partial charge >= 0.3 is 0 Å². The fraction of sp³-hybridized carbons (Fsp3) is 0.385. The van der Waals surface area contributed by atoms with E-state index in [1.54, 1.807) is 0 Å². The van der Waals surface area contributed by atoms with Gasteiger partial charge < -0.3 is 24.1 Å². The lowest BCUT2D eigenvalue weighted by molar-refractivity contribution is -0.311. The van der Waals surface area contributed by atoms with E-state index in [1.807, 2.05) is 61.5 Å². The molecular weight excluding hydrogens is 584 g/mol. The normalized spacial score (nSPS) is 24.1. The zero-order valence-corrected chi connectivity index (χ0v) is 26.7. The third-order valence-corrected chi connectivity index (χ3v) is 9.66. The summed E-state index contributed by atoms with van der Waals surface area (Å²) in [5.41, 5.74) is 5.09. The van der Waals surface area contributed by atoms with Gasteiger partial charge in [-0.3, -0.25) is 0 Å². The highest BCUT2D eigenvalue weighted by atomic mass is 35.5. The van der Waals surface area contributed by atoms with Gasteiger partial charge in [0.2, 0.25) is 0 Å². The SMILES string of the molecule is CCOc1ccc(Cc2cc([C@@H]3O[C@]4(CCCO)CC[C@@H]4[C@H](OCc4ccccc4)[C@H]3OCc3ccccc3)ccc2Cl)cc1. The molecule has 6 rings (SSSR count). The Morgan fingerprint density at radius 3 is 2.09 bits per heavy atom. The molecule has 4 aromatic rings. The lowest BCUT2D eigenvalue weighted by Crippen LogP contribution is -2.64. The quantitative estimate of drug-likeness (QED) is 0.152. The van der Waals surface area contributed by atoms with Crippen LogP contribution in [-0.2, 0) is 33.8 Å². The first kappa shape index (κ1) is 31.8. The van der Waals surface area contributed by atoms with E-state index in [4.69, 9.17) is 30.5 Å². The van der Waals surface area contributed by atoms with Crippen LogP contribution in [0.5, 0.6) is 5.75 Å². The summed E-state index contributed by atoms with van der Waals surface area (Å²) in [6, 6.07) is 35.0. The monoisotopic (exact) mass is 626 g/mol. The Labute approximate surface area is 272 Å². The number of hydrogen-bond acceptors (Lipinski definition) is 5. The molecule has 4 aromatic carbocycles. The first-order valence-electron chi connectivity index (χ1n) is 16.2. The Hall–Kier alpha value is -3.19. The van der Waals surface area contributed by atoms with E-state index in [1.165, 1.54) is 0 Å². The first-order valence-corrected chi connectivity index (χ1v) is 16.6. The van der Waals surface area contributed by atoms with Gasteiger partial charge in [-0.25, -0.2) is 0 Å². The number of rotatable bonds is 14. The van der Waals surface area contributed by atoms with Crippen molar-refractivity contribution in [3.05, 3.63) is 136 Å². The largest absolute Gasteiger partial charge is 0.494 e. The van der Waals surface area contributed by atoms with Crippen LogP contribution in [0.1, 0.15) is 66.5 Å². The lowest BCUT2D eigenvalue weighted by atomic mass is 9.61. The molecule has 45 heavy (non-hydrogen) atoms. The highest BCUT2D eigenvalue weighted by molar-refractivity contribution is 6.31. The third kappa shape index (κ3) is 7.45. The van der Waals surface area contributed by atoms with Crippen LogP contribution >= 0.6 is 11.6 Å². The Morgan fingerprint density at radius 2 is 1.49 bits per heavy atom. The number of aliphatic hydroxyl groups is 1. The topological polar surface area (TPSA) is 57.2 Å². The van der Waals surface area contributed by atoms with Crippen LogP contribution in [0, 0.1) is 5.92 Å². The van der Waals surface area contributed by atoms with Crippen LogP contribution in [0.2, 0.25) is 5.02 Å². The minimum Gasteiger partial charge on any atom is -0.494 e. The summed E-state index contributed by atoms with van der Waals surface area (Å²) in [6.45, 7) is 3.72. The molecule has 0 radical (unpaired) electrons. The fourth-order valence-corrected chi connectivity index (χ4v) is 7.08. The van der Waals surface area contributed by atoms with Crippen molar-refractivity contribution in [3.63, 3.8) is 0 Å². The maximum absolute atomic E-state index is 9.80. The van der Waals surface area contributed by atoms with E-state index in [0.717, 1.165) is 57.9 Å². The average Bonchev–Trinajstić information content (AvgIpc) is 3.06. The number of fused-ring (bicyclic) bond motifs is 1. The molecule has 6 heteroatoms. The summed E-state index contributed by atoms with van der Waals surface area (Å²) in [6.07, 6.45) is 3.24. The Bertz CT molecular complexity index is 1500. The fourth-order valence-electron chi connectivity index (χ4n) is 6.89. The summed E-state index contributed by atoms with van der Waals surface area (Å²) < 4.78 is 26.4. The summed E-state index contributed by atoms with van der Waals surface area (Å²) in [4.78, 5) is 0. The molecule has 0 spiro atoms. The van der Waals surface area contributed by atoms with E-state index in [2.05, 4.69) is 48.5 Å². The van der Waals surface area contributed by atoms with Crippen LogP contribution in [0.25, 0.3) is 0 Å². The second-order valence-electron chi connectivity index (χ2n) is 12.2. The molecule has 1 saturated heterocycles. The summed E-state index contributed by atoms with van der Waals surface area (Å²) >= 11 is 6.80. The predicted octanol–water partition coefficient (Wildman–Crippen LogP) is 8.49. The van der Waals surface area contributed by atoms with Gasteiger partial charge in [0, 0.05) is 17.5 Å². The molecule has 1 heterocycles. The molecule has 0 aromatic heterocycles. The molecule has 1 saturated carbocycles. The van der Waals surface area contributed by atoms with E-state index >= 15 is 0 Å². The van der Waals surface area contributed by atoms with Crippen molar-refractivity contribution in [1.29, 1.82) is 0 Å². The first-order chi connectivity index (χ1) is 22.1.